The number of halogens is 1. The maximum Gasteiger partial charge on any atom is 0.341 e. The third-order valence-corrected chi connectivity index (χ3v) is 2.01. The number of carboxylic acids is 1. The van der Waals surface area contributed by atoms with Crippen molar-refractivity contribution in [3.63, 3.8) is 0 Å². The molecule has 88 valence electrons. The normalized spacial score (nSPS) is 9.24. The molecule has 0 heterocycles. The van der Waals surface area contributed by atoms with Crippen LogP contribution in [0.5, 0.6) is 5.75 Å². The molecule has 0 radical (unpaired) electrons. The Morgan fingerprint density at radius 1 is 1.65 bits per heavy atom. The monoisotopic (exact) mass is 255 g/mol. The number of ether oxygens (including phenoxy) is 1. The van der Waals surface area contributed by atoms with Crippen molar-refractivity contribution in [3.05, 3.63) is 33.2 Å². The van der Waals surface area contributed by atoms with E-state index in [2.05, 4.69) is 10.0 Å². The molecule has 0 unspecified atom stereocenters. The van der Waals surface area contributed by atoms with Crippen LogP contribution in [0.4, 0.5) is 5.69 Å². The van der Waals surface area contributed by atoms with E-state index >= 15 is 0 Å². The van der Waals surface area contributed by atoms with Gasteiger partial charge in [-0.2, -0.15) is 0 Å². The van der Waals surface area contributed by atoms with Crippen molar-refractivity contribution in [1.29, 1.82) is 0 Å². The largest absolute Gasteiger partial charge is 0.480 e. The number of carbonyl (C=O) groups excluding carboxylic acids is 1. The van der Waals surface area contributed by atoms with Crippen LogP contribution in [0.1, 0.15) is 10.4 Å². The smallest absolute Gasteiger partial charge is 0.341 e. The van der Waals surface area contributed by atoms with Crippen LogP contribution >= 0.6 is 11.6 Å². The summed E-state index contributed by atoms with van der Waals surface area (Å²) >= 11 is 5.75. The summed E-state index contributed by atoms with van der Waals surface area (Å²) in [7, 11) is 0. The van der Waals surface area contributed by atoms with Gasteiger partial charge in [-0.05, 0) is 17.7 Å². The lowest BCUT2D eigenvalue weighted by Crippen LogP contribution is -2.09. The number of carbonyl (C=O) groups is 2. The minimum absolute atomic E-state index is 0.0206. The number of carboxylic acid groups (broad SMARTS) is 1. The van der Waals surface area contributed by atoms with E-state index in [0.717, 1.165) is 0 Å². The highest BCUT2D eigenvalue weighted by molar-refractivity contribution is 6.32. The minimum atomic E-state index is -1.18. The van der Waals surface area contributed by atoms with Crippen LogP contribution in [0, 0.1) is 0 Å². The van der Waals surface area contributed by atoms with Gasteiger partial charge in [0.15, 0.2) is 12.9 Å². The number of aldehydes is 1. The SMILES string of the molecule is [N-]=[N+]=Nc1cc(OCC(=O)O)c(Cl)cc1C=O. The van der Waals surface area contributed by atoms with E-state index < -0.39 is 12.6 Å². The minimum Gasteiger partial charge on any atom is -0.480 e. The van der Waals surface area contributed by atoms with E-state index in [9.17, 15) is 9.59 Å². The fourth-order valence-electron chi connectivity index (χ4n) is 1.04. The fraction of sp³-hybridized carbons (Fsp3) is 0.111. The summed E-state index contributed by atoms with van der Waals surface area (Å²) in [6.07, 6.45) is 0.469. The summed E-state index contributed by atoms with van der Waals surface area (Å²) in [4.78, 5) is 23.5. The van der Waals surface area contributed by atoms with Crippen LogP contribution in [0.2, 0.25) is 5.02 Å². The number of azide groups is 1. The van der Waals surface area contributed by atoms with Crippen LogP contribution in [-0.4, -0.2) is 24.0 Å². The second-order valence-electron chi connectivity index (χ2n) is 2.83. The van der Waals surface area contributed by atoms with E-state index in [-0.39, 0.29) is 22.0 Å². The number of hydrogen-bond donors (Lipinski definition) is 1. The first-order valence-corrected chi connectivity index (χ1v) is 4.64. The summed E-state index contributed by atoms with van der Waals surface area (Å²) in [6.45, 7) is -0.587. The van der Waals surface area contributed by atoms with Crippen LogP contribution in [-0.2, 0) is 4.79 Å². The molecule has 0 bridgehead atoms. The molecule has 1 aromatic rings. The molecule has 1 N–H and O–H groups in total. The van der Waals surface area contributed by atoms with Crippen molar-refractivity contribution in [2.45, 2.75) is 0 Å². The van der Waals surface area contributed by atoms with Gasteiger partial charge in [0.2, 0.25) is 0 Å². The molecule has 0 aliphatic rings. The molecule has 0 saturated heterocycles. The lowest BCUT2D eigenvalue weighted by molar-refractivity contribution is -0.139. The standard InChI is InChI=1S/C9H6ClN3O4/c10-6-1-5(3-14)7(12-13-11)2-8(6)17-4-9(15)16/h1-3H,4H2,(H,15,16). The molecule has 0 aliphatic carbocycles. The van der Waals surface area contributed by atoms with Gasteiger partial charge in [-0.25, -0.2) is 4.79 Å². The Morgan fingerprint density at radius 2 is 2.35 bits per heavy atom. The molecule has 0 aromatic heterocycles. The molecular formula is C9H6ClN3O4. The zero-order valence-corrected chi connectivity index (χ0v) is 9.09. The molecule has 8 heteroatoms. The van der Waals surface area contributed by atoms with Crippen molar-refractivity contribution < 1.29 is 19.4 Å². The first kappa shape index (κ1) is 12.8. The molecule has 0 atom stereocenters. The van der Waals surface area contributed by atoms with Gasteiger partial charge in [0.05, 0.1) is 10.7 Å². The number of hydrogen-bond acceptors (Lipinski definition) is 4. The molecule has 0 amide bonds. The van der Waals surface area contributed by atoms with E-state index in [1.165, 1.54) is 12.1 Å². The van der Waals surface area contributed by atoms with Gasteiger partial charge in [-0.15, -0.1) is 0 Å². The molecule has 0 spiro atoms. The zero-order valence-electron chi connectivity index (χ0n) is 8.33. The van der Waals surface area contributed by atoms with Crippen LogP contribution in [0.3, 0.4) is 0 Å². The summed E-state index contributed by atoms with van der Waals surface area (Å²) < 4.78 is 4.85. The second-order valence-corrected chi connectivity index (χ2v) is 3.24. The molecule has 0 saturated carbocycles. The molecule has 17 heavy (non-hydrogen) atoms. The summed E-state index contributed by atoms with van der Waals surface area (Å²) in [5, 5.41) is 11.8. The van der Waals surface area contributed by atoms with E-state index in [1.54, 1.807) is 0 Å². The number of nitrogens with zero attached hydrogens (tertiary/aromatic N) is 3. The number of aliphatic carboxylic acids is 1. The Balaban J connectivity index is 3.14. The molecule has 1 aromatic carbocycles. The predicted octanol–water partition coefficient (Wildman–Crippen LogP) is 2.56. The topological polar surface area (TPSA) is 112 Å². The quantitative estimate of drug-likeness (QED) is 0.377. The van der Waals surface area contributed by atoms with Crippen molar-refractivity contribution in [2.24, 2.45) is 5.11 Å². The summed E-state index contributed by atoms with van der Waals surface area (Å²) in [6, 6.07) is 2.43. The first-order valence-electron chi connectivity index (χ1n) is 4.27. The van der Waals surface area contributed by atoms with Gasteiger partial charge in [0.1, 0.15) is 5.75 Å². The van der Waals surface area contributed by atoms with Gasteiger partial charge >= 0.3 is 5.97 Å². The van der Waals surface area contributed by atoms with Gasteiger partial charge in [-0.3, -0.25) is 4.79 Å². The Morgan fingerprint density at radius 3 is 2.88 bits per heavy atom. The lowest BCUT2D eigenvalue weighted by Gasteiger charge is -2.07. The Bertz CT molecular complexity index is 511. The Kier molecular flexibility index (Phi) is 4.33. The predicted molar refractivity (Wildman–Crippen MR) is 58.8 cm³/mol. The number of rotatable bonds is 5. The summed E-state index contributed by atoms with van der Waals surface area (Å²) in [5.41, 5.74) is 8.41. The highest BCUT2D eigenvalue weighted by Gasteiger charge is 2.09. The molecule has 7 nitrogen and oxygen atoms in total. The Hall–Kier alpha value is -2.24. The van der Waals surface area contributed by atoms with E-state index in [4.69, 9.17) is 27.0 Å². The van der Waals surface area contributed by atoms with Crippen molar-refractivity contribution >= 4 is 29.5 Å². The van der Waals surface area contributed by atoms with Gasteiger partial charge in [0.25, 0.3) is 0 Å². The van der Waals surface area contributed by atoms with Gasteiger partial charge in [0, 0.05) is 10.5 Å². The van der Waals surface area contributed by atoms with Gasteiger partial charge < -0.3 is 9.84 Å². The second kappa shape index (κ2) is 5.74. The zero-order chi connectivity index (χ0) is 12.8. The Labute approximate surface area is 100 Å². The van der Waals surface area contributed by atoms with Crippen molar-refractivity contribution in [2.75, 3.05) is 6.61 Å². The van der Waals surface area contributed by atoms with E-state index in [1.807, 2.05) is 0 Å². The third kappa shape index (κ3) is 3.37. The maximum atomic E-state index is 10.7. The van der Waals surface area contributed by atoms with Crippen LogP contribution in [0.15, 0.2) is 17.2 Å². The molecule has 1 rings (SSSR count). The van der Waals surface area contributed by atoms with Crippen molar-refractivity contribution in [3.8, 4) is 5.75 Å². The van der Waals surface area contributed by atoms with E-state index in [0.29, 0.717) is 6.29 Å². The molecule has 0 aliphatic heterocycles. The highest BCUT2D eigenvalue weighted by Crippen LogP contribution is 2.32. The molecular weight excluding hydrogens is 250 g/mol. The first-order chi connectivity index (χ1) is 8.08. The number of benzene rings is 1. The van der Waals surface area contributed by atoms with Crippen molar-refractivity contribution in [1.82, 2.24) is 0 Å². The van der Waals surface area contributed by atoms with Gasteiger partial charge in [-0.1, -0.05) is 16.7 Å². The third-order valence-electron chi connectivity index (χ3n) is 1.71. The fourth-order valence-corrected chi connectivity index (χ4v) is 1.26. The lowest BCUT2D eigenvalue weighted by atomic mass is 10.2. The molecule has 0 fully saturated rings. The maximum absolute atomic E-state index is 10.7. The highest BCUT2D eigenvalue weighted by atomic mass is 35.5. The van der Waals surface area contributed by atoms with Crippen LogP contribution in [0.25, 0.3) is 10.4 Å². The average molecular weight is 256 g/mol. The average Bonchev–Trinajstić information content (AvgIpc) is 2.29. The summed E-state index contributed by atoms with van der Waals surface area (Å²) in [5.74, 6) is -1.15. The van der Waals surface area contributed by atoms with Crippen LogP contribution < -0.4 is 4.74 Å².